The molecule has 0 aliphatic carbocycles. The second-order valence-corrected chi connectivity index (χ2v) is 7.86. The molecule has 21 heavy (non-hydrogen) atoms. The fraction of sp³-hybridized carbons (Fsp3) is 0.375. The molecule has 1 nitrogen and oxygen atoms in total. The van der Waals surface area contributed by atoms with Crippen LogP contribution in [0.1, 0.15) is 26.9 Å². The Balaban J connectivity index is 1.84. The number of aryl methyl sites for hydroxylation is 1. The molecule has 1 aliphatic heterocycles. The van der Waals surface area contributed by atoms with Gasteiger partial charge in [-0.05, 0) is 61.0 Å². The summed E-state index contributed by atoms with van der Waals surface area (Å²) in [5.74, 6) is 2.10. The van der Waals surface area contributed by atoms with Gasteiger partial charge in [0.1, 0.15) is 5.82 Å². The number of nitrogens with one attached hydrogen (secondary N) is 1. The molecule has 0 bridgehead atoms. The normalized spacial score (nSPS) is 15.8. The topological polar surface area (TPSA) is 12.0 Å². The van der Waals surface area contributed by atoms with E-state index in [1.54, 1.807) is 6.07 Å². The molecular formula is C16H17ClFNS2. The van der Waals surface area contributed by atoms with Crippen molar-refractivity contribution < 1.29 is 4.39 Å². The largest absolute Gasteiger partial charge is 0.312 e. The SMILES string of the molecule is CNC(Cc1cc(F)ccc1Cl)c1cc2c(s1)CCSC2. The van der Waals surface area contributed by atoms with Crippen LogP contribution in [0.2, 0.25) is 5.02 Å². The van der Waals surface area contributed by atoms with Gasteiger partial charge in [-0.15, -0.1) is 11.3 Å². The number of hydrogen-bond acceptors (Lipinski definition) is 3. The lowest BCUT2D eigenvalue weighted by Crippen LogP contribution is -2.18. The molecule has 0 amide bonds. The van der Waals surface area contributed by atoms with Crippen LogP contribution in [0.25, 0.3) is 0 Å². The van der Waals surface area contributed by atoms with E-state index in [1.807, 2.05) is 30.1 Å². The van der Waals surface area contributed by atoms with E-state index in [0.29, 0.717) is 11.4 Å². The Hall–Kier alpha value is -0.550. The summed E-state index contributed by atoms with van der Waals surface area (Å²) in [4.78, 5) is 2.83. The third-order valence-electron chi connectivity index (χ3n) is 3.77. The zero-order chi connectivity index (χ0) is 14.8. The molecular weight excluding hydrogens is 325 g/mol. The molecule has 0 spiro atoms. The first kappa shape index (κ1) is 15.3. The summed E-state index contributed by atoms with van der Waals surface area (Å²) in [5.41, 5.74) is 2.33. The predicted molar refractivity (Wildman–Crippen MR) is 91.1 cm³/mol. The lowest BCUT2D eigenvalue weighted by atomic mass is 10.0. The van der Waals surface area contributed by atoms with Gasteiger partial charge < -0.3 is 5.32 Å². The van der Waals surface area contributed by atoms with Crippen molar-refractivity contribution in [2.24, 2.45) is 0 Å². The summed E-state index contributed by atoms with van der Waals surface area (Å²) in [6, 6.07) is 7.07. The van der Waals surface area contributed by atoms with Crippen LogP contribution in [0.5, 0.6) is 0 Å². The zero-order valence-corrected chi connectivity index (χ0v) is 14.2. The third kappa shape index (κ3) is 3.45. The lowest BCUT2D eigenvalue weighted by molar-refractivity contribution is 0.592. The monoisotopic (exact) mass is 341 g/mol. The number of thiophene rings is 1. The molecule has 2 heterocycles. The molecule has 0 fully saturated rings. The summed E-state index contributed by atoms with van der Waals surface area (Å²) in [5, 5.41) is 3.98. The molecule has 3 rings (SSSR count). The average Bonchev–Trinajstić information content (AvgIpc) is 2.91. The van der Waals surface area contributed by atoms with Gasteiger partial charge in [0.2, 0.25) is 0 Å². The standard InChI is InChI=1S/C16H17ClFNS2/c1-19-14(7-10-6-12(18)2-3-13(10)17)16-8-11-9-20-5-4-15(11)21-16/h2-3,6,8,14,19H,4-5,7,9H2,1H3. The summed E-state index contributed by atoms with van der Waals surface area (Å²) in [6.07, 6.45) is 1.88. The maximum absolute atomic E-state index is 13.4. The van der Waals surface area contributed by atoms with Crippen LogP contribution in [0.3, 0.4) is 0 Å². The first-order valence-electron chi connectivity index (χ1n) is 6.98. The van der Waals surface area contributed by atoms with Crippen LogP contribution >= 0.6 is 34.7 Å². The van der Waals surface area contributed by atoms with Crippen LogP contribution in [0.4, 0.5) is 4.39 Å². The molecule has 112 valence electrons. The second-order valence-electron chi connectivity index (χ2n) is 5.18. The van der Waals surface area contributed by atoms with Crippen molar-refractivity contribution in [3.8, 4) is 0 Å². The van der Waals surface area contributed by atoms with Crippen molar-refractivity contribution in [2.45, 2.75) is 24.6 Å². The highest BCUT2D eigenvalue weighted by Crippen LogP contribution is 2.36. The van der Waals surface area contributed by atoms with E-state index in [9.17, 15) is 4.39 Å². The van der Waals surface area contributed by atoms with Gasteiger partial charge in [-0.25, -0.2) is 4.39 Å². The summed E-state index contributed by atoms with van der Waals surface area (Å²) >= 11 is 10.1. The molecule has 2 aromatic rings. The van der Waals surface area contributed by atoms with E-state index in [-0.39, 0.29) is 11.9 Å². The van der Waals surface area contributed by atoms with E-state index < -0.39 is 0 Å². The van der Waals surface area contributed by atoms with E-state index in [1.165, 1.54) is 39.6 Å². The van der Waals surface area contributed by atoms with E-state index in [4.69, 9.17) is 11.6 Å². The molecule has 1 N–H and O–H groups in total. The van der Waals surface area contributed by atoms with Gasteiger partial charge in [-0.3, -0.25) is 0 Å². The van der Waals surface area contributed by atoms with E-state index in [0.717, 1.165) is 11.3 Å². The summed E-state index contributed by atoms with van der Waals surface area (Å²) in [6.45, 7) is 0. The Morgan fingerprint density at radius 3 is 3.00 bits per heavy atom. The highest BCUT2D eigenvalue weighted by molar-refractivity contribution is 7.98. The molecule has 0 saturated carbocycles. The van der Waals surface area contributed by atoms with E-state index >= 15 is 0 Å². The molecule has 1 unspecified atom stereocenters. The zero-order valence-electron chi connectivity index (χ0n) is 11.8. The van der Waals surface area contributed by atoms with Gasteiger partial charge in [0.25, 0.3) is 0 Å². The van der Waals surface area contributed by atoms with Crippen molar-refractivity contribution in [1.82, 2.24) is 5.32 Å². The molecule has 1 aromatic heterocycles. The van der Waals surface area contributed by atoms with Gasteiger partial charge in [0.15, 0.2) is 0 Å². The van der Waals surface area contributed by atoms with Crippen LogP contribution in [0.15, 0.2) is 24.3 Å². The minimum absolute atomic E-state index is 0.185. The number of likely N-dealkylation sites (N-methyl/N-ethyl adjacent to an activating group) is 1. The van der Waals surface area contributed by atoms with Crippen LogP contribution in [-0.4, -0.2) is 12.8 Å². The molecule has 0 saturated heterocycles. The van der Waals surface area contributed by atoms with Gasteiger partial charge in [-0.1, -0.05) is 11.6 Å². The first-order chi connectivity index (χ1) is 10.2. The lowest BCUT2D eigenvalue weighted by Gasteiger charge is -2.15. The maximum Gasteiger partial charge on any atom is 0.123 e. The Morgan fingerprint density at radius 1 is 1.38 bits per heavy atom. The number of benzene rings is 1. The Bertz CT molecular complexity index is 618. The summed E-state index contributed by atoms with van der Waals surface area (Å²) < 4.78 is 13.4. The molecule has 1 atom stereocenters. The fourth-order valence-electron chi connectivity index (χ4n) is 2.61. The van der Waals surface area contributed by atoms with Crippen molar-refractivity contribution in [3.63, 3.8) is 0 Å². The molecule has 1 aliphatic rings. The molecule has 1 aromatic carbocycles. The smallest absolute Gasteiger partial charge is 0.123 e. The number of fused-ring (bicyclic) bond motifs is 1. The van der Waals surface area contributed by atoms with Crippen LogP contribution < -0.4 is 5.32 Å². The molecule has 5 heteroatoms. The van der Waals surface area contributed by atoms with Crippen molar-refractivity contribution >= 4 is 34.7 Å². The second kappa shape index (κ2) is 6.69. The quantitative estimate of drug-likeness (QED) is 0.854. The fourth-order valence-corrected chi connectivity index (χ4v) is 5.29. The Labute approximate surface area is 137 Å². The average molecular weight is 342 g/mol. The molecule has 0 radical (unpaired) electrons. The number of hydrogen-bond donors (Lipinski definition) is 1. The van der Waals surface area contributed by atoms with Crippen molar-refractivity contribution in [2.75, 3.05) is 12.8 Å². The number of thioether (sulfide) groups is 1. The predicted octanol–water partition coefficient (Wildman–Crippen LogP) is 4.83. The third-order valence-corrected chi connectivity index (χ3v) is 6.50. The minimum atomic E-state index is -0.230. The van der Waals surface area contributed by atoms with Gasteiger partial charge in [0, 0.05) is 26.6 Å². The highest BCUT2D eigenvalue weighted by atomic mass is 35.5. The van der Waals surface area contributed by atoms with Crippen LogP contribution in [-0.2, 0) is 18.6 Å². The van der Waals surface area contributed by atoms with E-state index in [2.05, 4.69) is 11.4 Å². The highest BCUT2D eigenvalue weighted by Gasteiger charge is 2.19. The maximum atomic E-state index is 13.4. The minimum Gasteiger partial charge on any atom is -0.312 e. The first-order valence-corrected chi connectivity index (χ1v) is 9.32. The van der Waals surface area contributed by atoms with Gasteiger partial charge >= 0.3 is 0 Å². The van der Waals surface area contributed by atoms with Gasteiger partial charge in [-0.2, -0.15) is 11.8 Å². The summed E-state index contributed by atoms with van der Waals surface area (Å²) in [7, 11) is 1.95. The Morgan fingerprint density at radius 2 is 2.24 bits per heavy atom. The number of halogens is 2. The van der Waals surface area contributed by atoms with Gasteiger partial charge in [0.05, 0.1) is 0 Å². The van der Waals surface area contributed by atoms with Crippen molar-refractivity contribution in [3.05, 3.63) is 56.0 Å². The Kier molecular flexibility index (Phi) is 4.89. The van der Waals surface area contributed by atoms with Crippen molar-refractivity contribution in [1.29, 1.82) is 0 Å². The number of rotatable bonds is 4. The van der Waals surface area contributed by atoms with Crippen LogP contribution in [0, 0.1) is 5.82 Å².